The highest BCUT2D eigenvalue weighted by atomic mass is 16.1. The van der Waals surface area contributed by atoms with Crippen molar-refractivity contribution in [3.05, 3.63) is 59.9 Å². The second-order valence-electron chi connectivity index (χ2n) is 6.78. The highest BCUT2D eigenvalue weighted by molar-refractivity contribution is 5.95. The van der Waals surface area contributed by atoms with Crippen LogP contribution in [0.2, 0.25) is 0 Å². The summed E-state index contributed by atoms with van der Waals surface area (Å²) in [5, 5.41) is 3.12. The summed E-state index contributed by atoms with van der Waals surface area (Å²) < 4.78 is 0. The molecule has 5 nitrogen and oxygen atoms in total. The van der Waals surface area contributed by atoms with Crippen molar-refractivity contribution in [1.29, 1.82) is 0 Å². The Morgan fingerprint density at radius 1 is 1.12 bits per heavy atom. The van der Waals surface area contributed by atoms with Gasteiger partial charge in [-0.2, -0.15) is 0 Å². The predicted octanol–water partition coefficient (Wildman–Crippen LogP) is 3.76. The minimum absolute atomic E-state index is 0.0946. The SMILES string of the molecule is CC(C)C(NC(=O)c1cccc(N(C)C)c1)c1nc2ccccc2[nH]1. The molecule has 5 heteroatoms. The van der Waals surface area contributed by atoms with Gasteiger partial charge in [-0.05, 0) is 36.2 Å². The Bertz CT molecular complexity index is 849. The van der Waals surface area contributed by atoms with Gasteiger partial charge < -0.3 is 15.2 Å². The molecule has 0 saturated carbocycles. The van der Waals surface area contributed by atoms with Crippen molar-refractivity contribution in [2.75, 3.05) is 19.0 Å². The van der Waals surface area contributed by atoms with Crippen LogP contribution in [0.4, 0.5) is 5.69 Å². The lowest BCUT2D eigenvalue weighted by molar-refractivity contribution is 0.0923. The highest BCUT2D eigenvalue weighted by Crippen LogP contribution is 2.23. The van der Waals surface area contributed by atoms with Gasteiger partial charge in [0.2, 0.25) is 0 Å². The first kappa shape index (κ1) is 17.0. The van der Waals surface area contributed by atoms with E-state index in [9.17, 15) is 4.79 Å². The number of rotatable bonds is 5. The van der Waals surface area contributed by atoms with E-state index in [4.69, 9.17) is 0 Å². The van der Waals surface area contributed by atoms with Gasteiger partial charge in [-0.3, -0.25) is 4.79 Å². The first-order valence-electron chi connectivity index (χ1n) is 8.48. The Morgan fingerprint density at radius 3 is 2.56 bits per heavy atom. The molecule has 1 unspecified atom stereocenters. The van der Waals surface area contributed by atoms with Gasteiger partial charge in [0.15, 0.2) is 0 Å². The zero-order valence-corrected chi connectivity index (χ0v) is 15.1. The molecule has 0 bridgehead atoms. The van der Waals surface area contributed by atoms with E-state index in [1.165, 1.54) is 0 Å². The van der Waals surface area contributed by atoms with Crippen LogP contribution in [0, 0.1) is 5.92 Å². The van der Waals surface area contributed by atoms with Crippen LogP contribution >= 0.6 is 0 Å². The number of nitrogens with one attached hydrogen (secondary N) is 2. The lowest BCUT2D eigenvalue weighted by Crippen LogP contribution is -2.32. The number of carbonyl (C=O) groups excluding carboxylic acids is 1. The van der Waals surface area contributed by atoms with Crippen LogP contribution in [-0.2, 0) is 0 Å². The van der Waals surface area contributed by atoms with Gasteiger partial charge in [-0.1, -0.05) is 32.0 Å². The number of anilines is 1. The molecule has 1 aromatic heterocycles. The van der Waals surface area contributed by atoms with Crippen LogP contribution in [0.25, 0.3) is 11.0 Å². The van der Waals surface area contributed by atoms with Gasteiger partial charge in [0.1, 0.15) is 5.82 Å². The van der Waals surface area contributed by atoms with Crippen LogP contribution in [0.15, 0.2) is 48.5 Å². The molecule has 0 saturated heterocycles. The molecular weight excluding hydrogens is 312 g/mol. The van der Waals surface area contributed by atoms with E-state index >= 15 is 0 Å². The third kappa shape index (κ3) is 3.65. The van der Waals surface area contributed by atoms with Gasteiger partial charge in [-0.25, -0.2) is 4.98 Å². The van der Waals surface area contributed by atoms with Crippen molar-refractivity contribution in [3.63, 3.8) is 0 Å². The number of H-pyrrole nitrogens is 1. The van der Waals surface area contributed by atoms with Crippen molar-refractivity contribution < 1.29 is 4.79 Å². The molecule has 2 N–H and O–H groups in total. The van der Waals surface area contributed by atoms with E-state index in [-0.39, 0.29) is 17.9 Å². The number of nitrogens with zero attached hydrogens (tertiary/aromatic N) is 2. The third-order valence-electron chi connectivity index (χ3n) is 4.28. The van der Waals surface area contributed by atoms with Crippen molar-refractivity contribution in [2.45, 2.75) is 19.9 Å². The van der Waals surface area contributed by atoms with Crippen LogP contribution in [0.5, 0.6) is 0 Å². The summed E-state index contributed by atoms with van der Waals surface area (Å²) >= 11 is 0. The summed E-state index contributed by atoms with van der Waals surface area (Å²) in [4.78, 5) is 22.7. The van der Waals surface area contributed by atoms with E-state index in [1.807, 2.05) is 67.5 Å². The second kappa shape index (κ2) is 6.97. The normalized spacial score (nSPS) is 12.4. The smallest absolute Gasteiger partial charge is 0.251 e. The zero-order valence-electron chi connectivity index (χ0n) is 15.1. The highest BCUT2D eigenvalue weighted by Gasteiger charge is 2.22. The zero-order chi connectivity index (χ0) is 18.0. The molecule has 0 spiro atoms. The third-order valence-corrected chi connectivity index (χ3v) is 4.28. The molecule has 1 atom stereocenters. The molecule has 0 aliphatic heterocycles. The van der Waals surface area contributed by atoms with Crippen molar-refractivity contribution >= 4 is 22.6 Å². The minimum atomic E-state index is -0.178. The van der Waals surface area contributed by atoms with E-state index in [2.05, 4.69) is 29.1 Å². The molecule has 0 aliphatic rings. The van der Waals surface area contributed by atoms with Crippen molar-refractivity contribution in [2.24, 2.45) is 5.92 Å². The number of hydrogen-bond acceptors (Lipinski definition) is 3. The molecule has 1 amide bonds. The van der Waals surface area contributed by atoms with Crippen molar-refractivity contribution in [1.82, 2.24) is 15.3 Å². The Kier molecular flexibility index (Phi) is 4.74. The first-order chi connectivity index (χ1) is 12.0. The molecule has 130 valence electrons. The standard InChI is InChI=1S/C20H24N4O/c1-13(2)18(19-21-16-10-5-6-11-17(16)22-19)23-20(25)14-8-7-9-15(12-14)24(3)4/h5-13,18H,1-4H3,(H,21,22)(H,23,25). The van der Waals surface area contributed by atoms with E-state index in [0.717, 1.165) is 22.5 Å². The van der Waals surface area contributed by atoms with Gasteiger partial charge in [0.25, 0.3) is 5.91 Å². The summed E-state index contributed by atoms with van der Waals surface area (Å²) in [7, 11) is 3.92. The Labute approximate surface area is 148 Å². The molecule has 3 rings (SSSR count). The summed E-state index contributed by atoms with van der Waals surface area (Å²) in [6.07, 6.45) is 0. The maximum Gasteiger partial charge on any atom is 0.251 e. The summed E-state index contributed by atoms with van der Waals surface area (Å²) in [5.74, 6) is 0.901. The maximum absolute atomic E-state index is 12.8. The quantitative estimate of drug-likeness (QED) is 0.746. The number of imidazole rings is 1. The predicted molar refractivity (Wildman–Crippen MR) is 102 cm³/mol. The first-order valence-corrected chi connectivity index (χ1v) is 8.48. The number of fused-ring (bicyclic) bond motifs is 1. The largest absolute Gasteiger partial charge is 0.378 e. The van der Waals surface area contributed by atoms with E-state index in [0.29, 0.717) is 5.56 Å². The number of para-hydroxylation sites is 2. The summed E-state index contributed by atoms with van der Waals surface area (Å²) in [6.45, 7) is 4.16. The van der Waals surface area contributed by atoms with Crippen LogP contribution in [0.1, 0.15) is 36.1 Å². The number of amides is 1. The monoisotopic (exact) mass is 336 g/mol. The molecule has 3 aromatic rings. The Hall–Kier alpha value is -2.82. The number of benzene rings is 2. The number of aromatic nitrogens is 2. The van der Waals surface area contributed by atoms with Crippen LogP contribution in [-0.4, -0.2) is 30.0 Å². The molecule has 0 radical (unpaired) electrons. The lowest BCUT2D eigenvalue weighted by atomic mass is 10.0. The Morgan fingerprint density at radius 2 is 1.88 bits per heavy atom. The molecule has 2 aromatic carbocycles. The van der Waals surface area contributed by atoms with Gasteiger partial charge >= 0.3 is 0 Å². The van der Waals surface area contributed by atoms with Gasteiger partial charge in [-0.15, -0.1) is 0 Å². The van der Waals surface area contributed by atoms with Crippen molar-refractivity contribution in [3.8, 4) is 0 Å². The number of carbonyl (C=O) groups is 1. The minimum Gasteiger partial charge on any atom is -0.378 e. The number of hydrogen-bond donors (Lipinski definition) is 2. The molecule has 0 aliphatic carbocycles. The summed E-state index contributed by atoms with van der Waals surface area (Å²) in [6, 6.07) is 15.3. The molecule has 25 heavy (non-hydrogen) atoms. The topological polar surface area (TPSA) is 61.0 Å². The summed E-state index contributed by atoms with van der Waals surface area (Å²) in [5.41, 5.74) is 3.53. The number of aromatic amines is 1. The molecule has 0 fully saturated rings. The molecule has 1 heterocycles. The fourth-order valence-electron chi connectivity index (χ4n) is 2.82. The fraction of sp³-hybridized carbons (Fsp3) is 0.300. The van der Waals surface area contributed by atoms with Crippen LogP contribution in [0.3, 0.4) is 0 Å². The average molecular weight is 336 g/mol. The van der Waals surface area contributed by atoms with Crippen LogP contribution < -0.4 is 10.2 Å². The Balaban J connectivity index is 1.86. The van der Waals surface area contributed by atoms with E-state index in [1.54, 1.807) is 0 Å². The molecular formula is C20H24N4O. The van der Waals surface area contributed by atoms with E-state index < -0.39 is 0 Å². The lowest BCUT2D eigenvalue weighted by Gasteiger charge is -2.21. The maximum atomic E-state index is 12.8. The second-order valence-corrected chi connectivity index (χ2v) is 6.78. The average Bonchev–Trinajstić information content (AvgIpc) is 3.02. The fourth-order valence-corrected chi connectivity index (χ4v) is 2.82. The van der Waals surface area contributed by atoms with Gasteiger partial charge in [0.05, 0.1) is 17.1 Å². The van der Waals surface area contributed by atoms with Gasteiger partial charge in [0, 0.05) is 25.3 Å².